The maximum absolute atomic E-state index is 13.4. The van der Waals surface area contributed by atoms with E-state index in [1.165, 1.54) is 36.5 Å². The van der Waals surface area contributed by atoms with Gasteiger partial charge in [-0.2, -0.15) is 0 Å². The van der Waals surface area contributed by atoms with Crippen LogP contribution in [0.25, 0.3) is 22.2 Å². The Morgan fingerprint density at radius 3 is 2.50 bits per heavy atom. The highest BCUT2D eigenvalue weighted by atomic mass is 16.2. The van der Waals surface area contributed by atoms with Crippen LogP contribution in [0.15, 0.2) is 48.7 Å². The second-order valence-electron chi connectivity index (χ2n) is 8.50. The third-order valence-electron chi connectivity index (χ3n) is 6.86. The second kappa shape index (κ2) is 8.23. The average molecular weight is 403 g/mol. The molecule has 3 aromatic rings. The molecule has 1 saturated carbocycles. The zero-order valence-electron chi connectivity index (χ0n) is 17.8. The van der Waals surface area contributed by atoms with Crippen LogP contribution in [0.5, 0.6) is 0 Å². The molecule has 1 aliphatic carbocycles. The number of carbonyl (C=O) groups is 1. The Morgan fingerprint density at radius 1 is 1.00 bits per heavy atom. The zero-order valence-corrected chi connectivity index (χ0v) is 17.8. The van der Waals surface area contributed by atoms with Gasteiger partial charge in [0, 0.05) is 44.3 Å². The summed E-state index contributed by atoms with van der Waals surface area (Å²) < 4.78 is 2.08. The number of aromatic nitrogens is 2. The van der Waals surface area contributed by atoms with Gasteiger partial charge in [-0.05, 0) is 30.5 Å². The van der Waals surface area contributed by atoms with E-state index in [9.17, 15) is 4.79 Å². The van der Waals surface area contributed by atoms with Crippen molar-refractivity contribution in [3.05, 3.63) is 54.4 Å². The van der Waals surface area contributed by atoms with Crippen molar-refractivity contribution in [2.45, 2.75) is 45.2 Å². The third-order valence-corrected chi connectivity index (χ3v) is 6.86. The first-order valence-electron chi connectivity index (χ1n) is 11.3. The highest BCUT2D eigenvalue weighted by Crippen LogP contribution is 2.29. The SMILES string of the molecule is CCn1c(C(=O)N2CCN(C3CCCC3)CC2)cnc1-c1cccc2ccccc12. The summed E-state index contributed by atoms with van der Waals surface area (Å²) in [7, 11) is 0. The summed E-state index contributed by atoms with van der Waals surface area (Å²) in [6.07, 6.45) is 7.13. The lowest BCUT2D eigenvalue weighted by molar-refractivity contribution is 0.0564. The van der Waals surface area contributed by atoms with Crippen molar-refractivity contribution < 1.29 is 4.79 Å². The molecule has 2 aliphatic rings. The second-order valence-corrected chi connectivity index (χ2v) is 8.50. The number of fused-ring (bicyclic) bond motifs is 1. The van der Waals surface area contributed by atoms with Crippen LogP contribution in [-0.2, 0) is 6.54 Å². The predicted octanol–water partition coefficient (Wildman–Crippen LogP) is 4.42. The Labute approximate surface area is 178 Å². The number of nitrogens with zero attached hydrogens (tertiary/aromatic N) is 4. The highest BCUT2D eigenvalue weighted by molar-refractivity contribution is 5.97. The number of amides is 1. The molecule has 1 aliphatic heterocycles. The van der Waals surface area contributed by atoms with Crippen molar-refractivity contribution in [3.63, 3.8) is 0 Å². The van der Waals surface area contributed by atoms with Crippen LogP contribution in [-0.4, -0.2) is 57.5 Å². The van der Waals surface area contributed by atoms with Crippen LogP contribution >= 0.6 is 0 Å². The van der Waals surface area contributed by atoms with Crippen LogP contribution in [0.1, 0.15) is 43.1 Å². The minimum Gasteiger partial charge on any atom is -0.335 e. The summed E-state index contributed by atoms with van der Waals surface area (Å²) in [6.45, 7) is 6.42. The van der Waals surface area contributed by atoms with Crippen LogP contribution in [0.4, 0.5) is 0 Å². The Morgan fingerprint density at radius 2 is 1.73 bits per heavy atom. The summed E-state index contributed by atoms with van der Waals surface area (Å²) in [4.78, 5) is 22.7. The van der Waals surface area contributed by atoms with Gasteiger partial charge in [0.15, 0.2) is 0 Å². The lowest BCUT2D eigenvalue weighted by atomic mass is 10.0. The van der Waals surface area contributed by atoms with Crippen molar-refractivity contribution in [1.29, 1.82) is 0 Å². The van der Waals surface area contributed by atoms with Crippen molar-refractivity contribution >= 4 is 16.7 Å². The number of benzene rings is 2. The summed E-state index contributed by atoms with van der Waals surface area (Å²) in [5.41, 5.74) is 1.79. The van der Waals surface area contributed by atoms with Crippen LogP contribution in [0.2, 0.25) is 0 Å². The molecular formula is C25H30N4O. The smallest absolute Gasteiger partial charge is 0.272 e. The van der Waals surface area contributed by atoms with Crippen molar-refractivity contribution in [3.8, 4) is 11.4 Å². The molecule has 2 aromatic carbocycles. The summed E-state index contributed by atoms with van der Waals surface area (Å²) >= 11 is 0. The number of carbonyl (C=O) groups excluding carboxylic acids is 1. The Bertz CT molecular complexity index is 1040. The largest absolute Gasteiger partial charge is 0.335 e. The van der Waals surface area contributed by atoms with Crippen LogP contribution < -0.4 is 0 Å². The van der Waals surface area contributed by atoms with E-state index in [1.807, 2.05) is 4.90 Å². The van der Waals surface area contributed by atoms with Gasteiger partial charge in [0.2, 0.25) is 0 Å². The van der Waals surface area contributed by atoms with Gasteiger partial charge in [0.1, 0.15) is 11.5 Å². The first kappa shape index (κ1) is 19.3. The van der Waals surface area contributed by atoms with E-state index in [2.05, 4.69) is 58.9 Å². The molecule has 0 bridgehead atoms. The molecule has 0 spiro atoms. The topological polar surface area (TPSA) is 41.4 Å². The number of hydrogen-bond acceptors (Lipinski definition) is 3. The van der Waals surface area contributed by atoms with E-state index in [0.29, 0.717) is 5.69 Å². The van der Waals surface area contributed by atoms with E-state index in [1.54, 1.807) is 6.20 Å². The monoisotopic (exact) mass is 402 g/mol. The molecule has 0 unspecified atom stereocenters. The minimum atomic E-state index is 0.113. The van der Waals surface area contributed by atoms with E-state index in [-0.39, 0.29) is 5.91 Å². The molecule has 5 nitrogen and oxygen atoms in total. The Balaban J connectivity index is 1.39. The van der Waals surface area contributed by atoms with Crippen LogP contribution in [0, 0.1) is 0 Å². The molecule has 156 valence electrons. The lowest BCUT2D eigenvalue weighted by Crippen LogP contribution is -2.51. The van der Waals surface area contributed by atoms with E-state index in [0.717, 1.165) is 50.2 Å². The maximum Gasteiger partial charge on any atom is 0.272 e. The standard InChI is InChI=1S/C25H30N4O/c1-2-29-23(25(30)28-16-14-27(15-17-28)20-10-4-5-11-20)18-26-24(29)22-13-7-9-19-8-3-6-12-21(19)22/h3,6-9,12-13,18,20H,2,4-5,10-11,14-17H2,1H3. The molecule has 5 rings (SSSR count). The van der Waals surface area contributed by atoms with Gasteiger partial charge in [0.25, 0.3) is 5.91 Å². The molecule has 1 saturated heterocycles. The molecule has 0 atom stereocenters. The fraction of sp³-hybridized carbons (Fsp3) is 0.440. The predicted molar refractivity (Wildman–Crippen MR) is 121 cm³/mol. The van der Waals surface area contributed by atoms with E-state index in [4.69, 9.17) is 4.98 Å². The average Bonchev–Trinajstić information content (AvgIpc) is 3.48. The molecule has 1 amide bonds. The molecule has 2 heterocycles. The molecule has 2 fully saturated rings. The van der Waals surface area contributed by atoms with Gasteiger partial charge in [0.05, 0.1) is 6.20 Å². The van der Waals surface area contributed by atoms with Gasteiger partial charge < -0.3 is 9.47 Å². The Kier molecular flexibility index (Phi) is 5.30. The molecule has 0 radical (unpaired) electrons. The zero-order chi connectivity index (χ0) is 20.5. The molecule has 0 N–H and O–H groups in total. The van der Waals surface area contributed by atoms with Gasteiger partial charge in [-0.25, -0.2) is 4.98 Å². The van der Waals surface area contributed by atoms with E-state index >= 15 is 0 Å². The molecular weight excluding hydrogens is 372 g/mol. The fourth-order valence-electron chi connectivity index (χ4n) is 5.22. The van der Waals surface area contributed by atoms with Gasteiger partial charge in [-0.3, -0.25) is 9.69 Å². The molecule has 1 aromatic heterocycles. The van der Waals surface area contributed by atoms with Crippen molar-refractivity contribution in [2.24, 2.45) is 0 Å². The number of piperazine rings is 1. The van der Waals surface area contributed by atoms with Crippen molar-refractivity contribution in [2.75, 3.05) is 26.2 Å². The normalized spacial score (nSPS) is 18.4. The third kappa shape index (κ3) is 3.41. The lowest BCUT2D eigenvalue weighted by Gasteiger charge is -2.38. The number of hydrogen-bond donors (Lipinski definition) is 0. The highest BCUT2D eigenvalue weighted by Gasteiger charge is 2.29. The Hall–Kier alpha value is -2.66. The first-order valence-corrected chi connectivity index (χ1v) is 11.3. The summed E-state index contributed by atoms with van der Waals surface area (Å²) in [5, 5.41) is 2.36. The number of imidazole rings is 1. The van der Waals surface area contributed by atoms with Gasteiger partial charge in [-0.15, -0.1) is 0 Å². The van der Waals surface area contributed by atoms with Gasteiger partial charge in [-0.1, -0.05) is 55.3 Å². The first-order chi connectivity index (χ1) is 14.8. The quantitative estimate of drug-likeness (QED) is 0.649. The summed E-state index contributed by atoms with van der Waals surface area (Å²) in [5.74, 6) is 0.990. The number of rotatable bonds is 4. The van der Waals surface area contributed by atoms with Crippen LogP contribution in [0.3, 0.4) is 0 Å². The van der Waals surface area contributed by atoms with Gasteiger partial charge >= 0.3 is 0 Å². The minimum absolute atomic E-state index is 0.113. The fourth-order valence-corrected chi connectivity index (χ4v) is 5.22. The molecule has 30 heavy (non-hydrogen) atoms. The van der Waals surface area contributed by atoms with E-state index < -0.39 is 0 Å². The van der Waals surface area contributed by atoms with Crippen molar-refractivity contribution in [1.82, 2.24) is 19.4 Å². The molecule has 5 heteroatoms. The summed E-state index contributed by atoms with van der Waals surface area (Å²) in [6, 6.07) is 15.4. The maximum atomic E-state index is 13.4.